The van der Waals surface area contributed by atoms with Crippen molar-refractivity contribution in [2.75, 3.05) is 42.1 Å². The van der Waals surface area contributed by atoms with E-state index >= 15 is 0 Å². The molecule has 0 saturated heterocycles. The van der Waals surface area contributed by atoms with Gasteiger partial charge in [-0.2, -0.15) is 0 Å². The first-order chi connectivity index (χ1) is 36.8. The van der Waals surface area contributed by atoms with Gasteiger partial charge in [0, 0.05) is 29.2 Å². The first-order valence-corrected chi connectivity index (χ1v) is 25.4. The number of carbonyl (C=O) groups excluding carboxylic acids is 8. The Morgan fingerprint density at radius 3 is 1.26 bits per heavy atom. The van der Waals surface area contributed by atoms with Crippen molar-refractivity contribution in [3.05, 3.63) is 94.9 Å². The molecular weight excluding hydrogens is 999 g/mol. The zero-order valence-corrected chi connectivity index (χ0v) is 42.8. The topological polar surface area (TPSA) is 458 Å². The number of phenols is 3. The molecule has 3 aromatic rings. The third-order valence-corrected chi connectivity index (χ3v) is 12.4. The molecule has 0 aliphatic heterocycles. The second kappa shape index (κ2) is 31.1. The second-order valence-electron chi connectivity index (χ2n) is 18.4. The highest BCUT2D eigenvalue weighted by molar-refractivity contribution is 6.06. The van der Waals surface area contributed by atoms with Gasteiger partial charge < -0.3 is 92.0 Å². The van der Waals surface area contributed by atoms with Gasteiger partial charge in [-0.3, -0.25) is 38.4 Å². The average molecular weight is 1070 g/mol. The van der Waals surface area contributed by atoms with Crippen molar-refractivity contribution in [1.82, 2.24) is 21.3 Å². The summed E-state index contributed by atoms with van der Waals surface area (Å²) < 4.78 is 0. The summed E-state index contributed by atoms with van der Waals surface area (Å²) in [6, 6.07) is 6.43. The van der Waals surface area contributed by atoms with Crippen LogP contribution in [0.3, 0.4) is 0 Å². The van der Waals surface area contributed by atoms with Gasteiger partial charge in [0.15, 0.2) is 0 Å². The molecule has 0 aromatic heterocycles. The van der Waals surface area contributed by atoms with E-state index in [-0.39, 0.29) is 71.7 Å². The minimum Gasteiger partial charge on any atom is -0.511 e. The molecule has 0 saturated carbocycles. The molecule has 1 aliphatic carbocycles. The summed E-state index contributed by atoms with van der Waals surface area (Å²) in [6.45, 7) is 1.33. The third-order valence-electron chi connectivity index (χ3n) is 12.4. The molecule has 3 aromatic carbocycles. The number of rotatable bonds is 31. The van der Waals surface area contributed by atoms with Gasteiger partial charge >= 0.3 is 0 Å². The summed E-state index contributed by atoms with van der Waals surface area (Å²) in [5.74, 6) is -9.00. The summed E-state index contributed by atoms with van der Waals surface area (Å²) in [5.41, 5.74) is 33.5. The van der Waals surface area contributed by atoms with Crippen LogP contribution >= 0.6 is 0 Å². The van der Waals surface area contributed by atoms with Crippen LogP contribution in [0.2, 0.25) is 0 Å². The molecule has 0 bridgehead atoms. The quantitative estimate of drug-likeness (QED) is 0.0317. The maximum atomic E-state index is 13.9. The number of primary amides is 1. The van der Waals surface area contributed by atoms with Crippen molar-refractivity contribution >= 4 is 64.3 Å². The number of unbranched alkanes of at least 4 members (excludes halogenated alkanes) is 4. The number of aliphatic hydroxyl groups is 1. The first kappa shape index (κ1) is 61.4. The van der Waals surface area contributed by atoms with E-state index in [2.05, 4.69) is 37.2 Å². The number of benzene rings is 3. The molecule has 0 heterocycles. The van der Waals surface area contributed by atoms with Crippen LogP contribution in [0.1, 0.15) is 115 Å². The van der Waals surface area contributed by atoms with Crippen LogP contribution in [0.5, 0.6) is 17.2 Å². The molecule has 1 aliphatic rings. The van der Waals surface area contributed by atoms with Gasteiger partial charge in [0.1, 0.15) is 47.1 Å². The van der Waals surface area contributed by atoms with Gasteiger partial charge in [0.2, 0.25) is 29.5 Å². The van der Waals surface area contributed by atoms with Crippen LogP contribution in [-0.4, -0.2) is 118 Å². The molecule has 1 unspecified atom stereocenters. The number of hydrogen-bond donors (Lipinski definition) is 17. The molecular formula is C52H73N13O12. The number of phenolic OH excluding ortho intramolecular Hbond substituents is 2. The Hall–Kier alpha value is -8.10. The van der Waals surface area contributed by atoms with E-state index in [9.17, 15) is 58.8 Å². The lowest BCUT2D eigenvalue weighted by Crippen LogP contribution is -2.47. The van der Waals surface area contributed by atoms with Crippen molar-refractivity contribution in [3.63, 3.8) is 0 Å². The van der Waals surface area contributed by atoms with Crippen LogP contribution in [0.4, 0.5) is 17.1 Å². The molecule has 0 spiro atoms. The second-order valence-corrected chi connectivity index (χ2v) is 18.4. The summed E-state index contributed by atoms with van der Waals surface area (Å²) in [6.07, 6.45) is 7.33. The summed E-state index contributed by atoms with van der Waals surface area (Å²) >= 11 is 0. The van der Waals surface area contributed by atoms with Gasteiger partial charge in [-0.05, 0) is 164 Å². The lowest BCUT2D eigenvalue weighted by Gasteiger charge is -2.25. The summed E-state index contributed by atoms with van der Waals surface area (Å²) in [4.78, 5) is 107. The normalized spacial score (nSPS) is 14.5. The van der Waals surface area contributed by atoms with Crippen molar-refractivity contribution in [2.45, 2.75) is 108 Å². The van der Waals surface area contributed by atoms with Crippen LogP contribution in [-0.2, 0) is 24.0 Å². The Bertz CT molecular complexity index is 2650. The molecule has 77 heavy (non-hydrogen) atoms. The first-order valence-electron chi connectivity index (χ1n) is 25.4. The molecule has 25 nitrogen and oxygen atoms in total. The fourth-order valence-corrected chi connectivity index (χ4v) is 8.02. The van der Waals surface area contributed by atoms with E-state index < -0.39 is 94.6 Å². The number of hydrogen-bond acceptors (Lipinski definition) is 17. The molecule has 418 valence electrons. The third kappa shape index (κ3) is 19.2. The van der Waals surface area contributed by atoms with Gasteiger partial charge in [-0.15, -0.1) is 0 Å². The van der Waals surface area contributed by atoms with E-state index in [1.54, 1.807) is 0 Å². The molecule has 25 heteroatoms. The minimum absolute atomic E-state index is 0.0109. The maximum Gasteiger partial charge on any atom is 0.255 e. The van der Waals surface area contributed by atoms with Gasteiger partial charge in [0.05, 0.1) is 22.7 Å². The van der Waals surface area contributed by atoms with E-state index in [0.717, 1.165) is 24.3 Å². The maximum absolute atomic E-state index is 13.9. The summed E-state index contributed by atoms with van der Waals surface area (Å²) in [7, 11) is 0. The molecule has 5 atom stereocenters. The zero-order valence-electron chi connectivity index (χ0n) is 42.8. The number of aliphatic hydroxyl groups excluding tert-OH is 1. The van der Waals surface area contributed by atoms with E-state index in [1.807, 2.05) is 0 Å². The highest BCUT2D eigenvalue weighted by Gasteiger charge is 2.32. The lowest BCUT2D eigenvalue weighted by atomic mass is 9.94. The monoisotopic (exact) mass is 1070 g/mol. The fraction of sp³-hybridized carbons (Fsp3) is 0.423. The SMILES string of the molecule is NCCCC[C@H](NC(=O)c1cc(NC(=O)[C@H](CCCCN)NC(=O)c2cc(NC(=O)[C@H](CCCCN)NC(=O)C3CC(NC(=O)[C@@H](N)CCCCN)=CC=C3O)ccc2O)ccc1O)C(=O)Nc1ccc(O)c(C(N)=O)c1. The minimum atomic E-state index is -1.27. The smallest absolute Gasteiger partial charge is 0.255 e. The molecule has 23 N–H and O–H groups in total. The largest absolute Gasteiger partial charge is 0.511 e. The molecule has 8 amide bonds. The highest BCUT2D eigenvalue weighted by atomic mass is 16.3. The Balaban J connectivity index is 1.47. The molecule has 4 rings (SSSR count). The number of aromatic hydroxyl groups is 3. The van der Waals surface area contributed by atoms with E-state index in [0.29, 0.717) is 83.1 Å². The Labute approximate surface area is 445 Å². The average Bonchev–Trinajstić information content (AvgIpc) is 3.40. The van der Waals surface area contributed by atoms with Crippen molar-refractivity contribution in [1.29, 1.82) is 0 Å². The standard InChI is InChI=1S/C52H73N13O12/c53-21-5-1-9-37(57)49(74)59-30-14-18-42(67)34(26-30)46(71)64-39(11-3-7-23-55)51(76)61-32-16-20-44(69)36(28-32)48(73)65-40(12-4-8-24-56)52(77)62-31-15-19-43(68)35(27-31)47(72)63-38(10-2-6-22-54)50(75)60-29-13-17-41(66)33(25-29)45(58)70/h13-20,25,27-28,34,37-40,66-69H,1-12,21-24,26,53-57H2,(H2,58,70)(H,59,74)(H,60,75)(H,61,76)(H,62,77)(H,63,72)(H,64,71)(H,65,73)/t34?,37-,38-,39-,40-/m0/s1. The van der Waals surface area contributed by atoms with Crippen molar-refractivity contribution in [2.24, 2.45) is 40.3 Å². The van der Waals surface area contributed by atoms with Crippen LogP contribution in [0, 0.1) is 5.92 Å². The number of amides is 8. The van der Waals surface area contributed by atoms with E-state index in [1.165, 1.54) is 42.5 Å². The van der Waals surface area contributed by atoms with Crippen molar-refractivity contribution < 1.29 is 58.8 Å². The van der Waals surface area contributed by atoms with Crippen LogP contribution in [0.15, 0.2) is 78.2 Å². The van der Waals surface area contributed by atoms with Crippen LogP contribution < -0.4 is 71.6 Å². The Kier molecular flexibility index (Phi) is 24.8. The lowest BCUT2D eigenvalue weighted by molar-refractivity contribution is -0.129. The number of nitrogens with one attached hydrogen (secondary N) is 7. The zero-order chi connectivity index (χ0) is 56.6. The van der Waals surface area contributed by atoms with Crippen molar-refractivity contribution in [3.8, 4) is 17.2 Å². The fourth-order valence-electron chi connectivity index (χ4n) is 8.02. The predicted molar refractivity (Wildman–Crippen MR) is 288 cm³/mol. The van der Waals surface area contributed by atoms with Gasteiger partial charge in [-0.1, -0.05) is 6.42 Å². The molecule has 0 fully saturated rings. The number of nitrogens with two attached hydrogens (primary N) is 6. The Morgan fingerprint density at radius 1 is 0.481 bits per heavy atom. The Morgan fingerprint density at radius 2 is 0.857 bits per heavy atom. The predicted octanol–water partition coefficient (Wildman–Crippen LogP) is 1.10. The highest BCUT2D eigenvalue weighted by Crippen LogP contribution is 2.27. The molecule has 0 radical (unpaired) electrons. The van der Waals surface area contributed by atoms with Gasteiger partial charge in [0.25, 0.3) is 17.7 Å². The van der Waals surface area contributed by atoms with Crippen LogP contribution in [0.25, 0.3) is 0 Å². The number of carbonyl (C=O) groups is 8. The summed E-state index contributed by atoms with van der Waals surface area (Å²) in [5, 5.41) is 60.7. The van der Waals surface area contributed by atoms with Gasteiger partial charge in [-0.25, -0.2) is 0 Å². The van der Waals surface area contributed by atoms with E-state index in [4.69, 9.17) is 34.4 Å². The number of allylic oxidation sites excluding steroid dienone is 3. The number of anilines is 3.